The van der Waals surface area contributed by atoms with Crippen molar-refractivity contribution in [3.8, 4) is 11.5 Å². The van der Waals surface area contributed by atoms with E-state index in [0.717, 1.165) is 59.3 Å². The van der Waals surface area contributed by atoms with Gasteiger partial charge in [0.15, 0.2) is 5.82 Å². The van der Waals surface area contributed by atoms with Gasteiger partial charge in [0.1, 0.15) is 5.69 Å². The molecule has 0 saturated carbocycles. The summed E-state index contributed by atoms with van der Waals surface area (Å²) in [7, 11) is 1.71. The Balaban J connectivity index is 1.59. The average molecular weight is 409 g/mol. The number of aromatic nitrogens is 3. The summed E-state index contributed by atoms with van der Waals surface area (Å²) in [5.41, 5.74) is 3.42. The Kier molecular flexibility index (Phi) is 5.99. The van der Waals surface area contributed by atoms with E-state index in [4.69, 9.17) is 9.72 Å². The Morgan fingerprint density at radius 1 is 1.24 bits per heavy atom. The first-order valence-electron chi connectivity index (χ1n) is 9.72. The largest absolute Gasteiger partial charge is 0.385 e. The Labute approximate surface area is 173 Å². The van der Waals surface area contributed by atoms with E-state index in [1.54, 1.807) is 18.4 Å². The first kappa shape index (κ1) is 19.7. The van der Waals surface area contributed by atoms with Crippen LogP contribution in [-0.2, 0) is 11.2 Å². The van der Waals surface area contributed by atoms with Gasteiger partial charge in [0.25, 0.3) is 5.56 Å². The Bertz CT molecular complexity index is 1200. The minimum absolute atomic E-state index is 0.129. The summed E-state index contributed by atoms with van der Waals surface area (Å²) in [6.07, 6.45) is 3.67. The molecule has 0 aliphatic heterocycles. The number of aromatic amines is 1. The molecule has 0 spiro atoms. The Hall–Kier alpha value is -2.61. The van der Waals surface area contributed by atoms with Crippen LogP contribution in [0.15, 0.2) is 40.6 Å². The van der Waals surface area contributed by atoms with Crippen LogP contribution in [0.25, 0.3) is 32.5 Å². The van der Waals surface area contributed by atoms with E-state index in [2.05, 4.69) is 21.4 Å². The molecule has 150 valence electrons. The van der Waals surface area contributed by atoms with Crippen molar-refractivity contribution in [1.82, 2.24) is 20.3 Å². The molecule has 7 heteroatoms. The first-order chi connectivity index (χ1) is 14.2. The predicted octanol–water partition coefficient (Wildman–Crippen LogP) is 3.68. The highest BCUT2D eigenvalue weighted by Crippen LogP contribution is 2.25. The zero-order chi connectivity index (χ0) is 20.2. The highest BCUT2D eigenvalue weighted by Gasteiger charge is 2.11. The number of hydrogen-bond donors (Lipinski definition) is 2. The fraction of sp³-hybridized carbons (Fsp3) is 0.318. The second-order valence-corrected chi connectivity index (χ2v) is 8.05. The summed E-state index contributed by atoms with van der Waals surface area (Å²) in [6, 6.07) is 8.07. The van der Waals surface area contributed by atoms with Gasteiger partial charge in [0.2, 0.25) is 0 Å². The molecule has 0 aliphatic rings. The van der Waals surface area contributed by atoms with Gasteiger partial charge in [-0.1, -0.05) is 6.07 Å². The third-order valence-electron chi connectivity index (χ3n) is 4.93. The summed E-state index contributed by atoms with van der Waals surface area (Å²) in [5, 5.41) is 7.16. The van der Waals surface area contributed by atoms with Gasteiger partial charge < -0.3 is 15.0 Å². The van der Waals surface area contributed by atoms with Crippen molar-refractivity contribution >= 4 is 32.3 Å². The molecular formula is C22H24N4O2S. The number of nitrogens with zero attached hydrogens (tertiary/aromatic N) is 2. The summed E-state index contributed by atoms with van der Waals surface area (Å²) < 4.78 is 6.18. The number of methoxy groups -OCH3 is 1. The number of hydrogen-bond acceptors (Lipinski definition) is 6. The molecule has 1 aromatic carbocycles. The monoisotopic (exact) mass is 408 g/mol. The van der Waals surface area contributed by atoms with Crippen molar-refractivity contribution in [3.63, 3.8) is 0 Å². The molecule has 0 unspecified atom stereocenters. The molecule has 4 rings (SSSR count). The van der Waals surface area contributed by atoms with Crippen LogP contribution in [0.4, 0.5) is 0 Å². The van der Waals surface area contributed by atoms with E-state index >= 15 is 0 Å². The number of aryl methyl sites for hydroxylation is 1. The molecule has 2 N–H and O–H groups in total. The Morgan fingerprint density at radius 2 is 2.14 bits per heavy atom. The van der Waals surface area contributed by atoms with Gasteiger partial charge in [-0.3, -0.25) is 9.78 Å². The number of H-pyrrole nitrogens is 1. The number of fused-ring (bicyclic) bond motifs is 2. The third-order valence-corrected chi connectivity index (χ3v) is 5.81. The first-order valence-corrected chi connectivity index (χ1v) is 10.6. The number of rotatable bonds is 8. The quantitative estimate of drug-likeness (QED) is 0.435. The predicted molar refractivity (Wildman–Crippen MR) is 119 cm³/mol. The molecule has 0 bridgehead atoms. The normalized spacial score (nSPS) is 11.5. The fourth-order valence-corrected chi connectivity index (χ4v) is 4.24. The maximum absolute atomic E-state index is 12.8. The number of benzene rings is 1. The maximum Gasteiger partial charge on any atom is 0.259 e. The van der Waals surface area contributed by atoms with Crippen molar-refractivity contribution in [2.75, 3.05) is 26.8 Å². The number of nitrogens with one attached hydrogen (secondary N) is 2. The van der Waals surface area contributed by atoms with Gasteiger partial charge >= 0.3 is 0 Å². The van der Waals surface area contributed by atoms with Gasteiger partial charge in [-0.2, -0.15) is 0 Å². The van der Waals surface area contributed by atoms with Crippen molar-refractivity contribution in [2.45, 2.75) is 19.8 Å². The molecule has 6 nitrogen and oxygen atoms in total. The van der Waals surface area contributed by atoms with E-state index in [-0.39, 0.29) is 5.56 Å². The van der Waals surface area contributed by atoms with Gasteiger partial charge in [-0.25, -0.2) is 4.98 Å². The summed E-state index contributed by atoms with van der Waals surface area (Å²) in [4.78, 5) is 24.9. The van der Waals surface area contributed by atoms with Crippen LogP contribution in [0.1, 0.15) is 17.5 Å². The molecule has 0 saturated heterocycles. The molecule has 0 aliphatic carbocycles. The number of pyridine rings is 1. The van der Waals surface area contributed by atoms with Crippen LogP contribution in [0.3, 0.4) is 0 Å². The molecule has 0 radical (unpaired) electrons. The molecule has 0 amide bonds. The zero-order valence-corrected chi connectivity index (χ0v) is 17.4. The second kappa shape index (κ2) is 8.82. The lowest BCUT2D eigenvalue weighted by Crippen LogP contribution is -2.20. The van der Waals surface area contributed by atoms with Crippen LogP contribution >= 0.6 is 11.3 Å². The van der Waals surface area contributed by atoms with Crippen molar-refractivity contribution in [1.29, 1.82) is 0 Å². The average Bonchev–Trinajstić information content (AvgIpc) is 3.19. The van der Waals surface area contributed by atoms with Gasteiger partial charge in [0.05, 0.1) is 10.9 Å². The molecule has 3 heterocycles. The second-order valence-electron chi connectivity index (χ2n) is 7.10. The number of thiophene rings is 1. The zero-order valence-electron chi connectivity index (χ0n) is 16.6. The van der Waals surface area contributed by atoms with Crippen molar-refractivity contribution < 1.29 is 4.74 Å². The summed E-state index contributed by atoms with van der Waals surface area (Å²) >= 11 is 1.65. The molecular weight excluding hydrogens is 384 g/mol. The third kappa shape index (κ3) is 4.37. The molecule has 0 atom stereocenters. The van der Waals surface area contributed by atoms with Gasteiger partial charge in [-0.05, 0) is 67.6 Å². The van der Waals surface area contributed by atoms with Gasteiger partial charge in [0, 0.05) is 30.0 Å². The minimum Gasteiger partial charge on any atom is -0.385 e. The van der Waals surface area contributed by atoms with E-state index < -0.39 is 0 Å². The highest BCUT2D eigenvalue weighted by atomic mass is 32.1. The molecule has 0 fully saturated rings. The summed E-state index contributed by atoms with van der Waals surface area (Å²) in [5.74, 6) is 0.508. The van der Waals surface area contributed by atoms with Crippen molar-refractivity contribution in [2.24, 2.45) is 0 Å². The highest BCUT2D eigenvalue weighted by molar-refractivity contribution is 7.17. The van der Waals surface area contributed by atoms with Gasteiger partial charge in [-0.15, -0.1) is 11.3 Å². The smallest absolute Gasteiger partial charge is 0.259 e. The molecule has 3 aromatic heterocycles. The van der Waals surface area contributed by atoms with E-state index in [1.807, 2.05) is 36.7 Å². The minimum atomic E-state index is -0.129. The van der Waals surface area contributed by atoms with Crippen molar-refractivity contribution in [3.05, 3.63) is 57.3 Å². The van der Waals surface area contributed by atoms with E-state index in [1.165, 1.54) is 0 Å². The van der Waals surface area contributed by atoms with Crippen LogP contribution in [0, 0.1) is 6.92 Å². The van der Waals surface area contributed by atoms with Crippen LogP contribution in [-0.4, -0.2) is 41.8 Å². The maximum atomic E-state index is 12.8. The lowest BCUT2D eigenvalue weighted by atomic mass is 10.0. The fourth-order valence-electron chi connectivity index (χ4n) is 3.44. The SMILES string of the molecule is COCCCNCCc1cc(C)c2nc(-c3cc4sccc4cn3)[nH]c(=O)c2c1. The topological polar surface area (TPSA) is 79.9 Å². The Morgan fingerprint density at radius 3 is 3.00 bits per heavy atom. The van der Waals surface area contributed by atoms with E-state index in [0.29, 0.717) is 16.9 Å². The van der Waals surface area contributed by atoms with E-state index in [9.17, 15) is 4.79 Å². The summed E-state index contributed by atoms with van der Waals surface area (Å²) in [6.45, 7) is 4.56. The molecule has 29 heavy (non-hydrogen) atoms. The molecule has 4 aromatic rings. The number of ether oxygens (including phenoxy) is 1. The standard InChI is InChI=1S/C22H24N4O2S/c1-14-10-15(4-7-23-6-3-8-28-2)11-17-20(14)25-21(26-22(17)27)18-12-19-16(13-24-18)5-9-29-19/h5,9-13,23H,3-4,6-8H2,1-2H3,(H,25,26,27). The van der Waals surface area contributed by atoms with Crippen LogP contribution in [0.2, 0.25) is 0 Å². The van der Waals surface area contributed by atoms with Crippen LogP contribution in [0.5, 0.6) is 0 Å². The lowest BCUT2D eigenvalue weighted by Gasteiger charge is -2.09. The lowest BCUT2D eigenvalue weighted by molar-refractivity contribution is 0.194. The van der Waals surface area contributed by atoms with Crippen LogP contribution < -0.4 is 10.9 Å².